The number of pyridine rings is 1. The Morgan fingerprint density at radius 1 is 1.33 bits per heavy atom. The molecular formula is C21H22Cl2FN5O. The minimum atomic E-state index is -0.629. The maximum atomic E-state index is 13.9. The van der Waals surface area contributed by atoms with Crippen LogP contribution in [0.3, 0.4) is 0 Å². The van der Waals surface area contributed by atoms with Crippen LogP contribution >= 0.6 is 23.2 Å². The lowest BCUT2D eigenvalue weighted by molar-refractivity contribution is 0.227. The van der Waals surface area contributed by atoms with Crippen LogP contribution in [0.4, 0.5) is 10.2 Å². The number of aromatic nitrogens is 3. The lowest BCUT2D eigenvalue weighted by atomic mass is 10.1. The Kier molecular flexibility index (Phi) is 6.13. The fourth-order valence-electron chi connectivity index (χ4n) is 3.62. The number of hydrogen-bond donors (Lipinski definition) is 2. The molecule has 0 saturated carbocycles. The third-order valence-electron chi connectivity index (χ3n) is 5.21. The molecule has 3 N–H and O–H groups in total. The number of benzene rings is 1. The van der Waals surface area contributed by atoms with Crippen LogP contribution in [-0.2, 0) is 6.54 Å². The Balaban J connectivity index is 1.55. The number of rotatable bonds is 6. The second-order valence-electron chi connectivity index (χ2n) is 7.37. The van der Waals surface area contributed by atoms with Crippen LogP contribution in [0.2, 0.25) is 10.0 Å². The van der Waals surface area contributed by atoms with E-state index in [-0.39, 0.29) is 10.8 Å². The molecule has 0 aliphatic carbocycles. The van der Waals surface area contributed by atoms with Crippen molar-refractivity contribution in [2.75, 3.05) is 12.3 Å². The van der Waals surface area contributed by atoms with E-state index in [9.17, 15) is 4.39 Å². The molecule has 6 nitrogen and oxygen atoms in total. The van der Waals surface area contributed by atoms with Gasteiger partial charge in [0.15, 0.2) is 11.6 Å². The summed E-state index contributed by atoms with van der Waals surface area (Å²) in [5, 5.41) is 8.16. The van der Waals surface area contributed by atoms with E-state index in [1.807, 2.05) is 10.9 Å². The number of nitrogens with one attached hydrogen (secondary N) is 1. The lowest BCUT2D eigenvalue weighted by Crippen LogP contribution is -2.26. The fourth-order valence-corrected chi connectivity index (χ4v) is 4.30. The summed E-state index contributed by atoms with van der Waals surface area (Å²) in [6.45, 7) is 3.60. The Bertz CT molecular complexity index is 1050. The van der Waals surface area contributed by atoms with Gasteiger partial charge in [0.05, 0.1) is 17.8 Å². The number of nitrogens with two attached hydrogens (primary N) is 1. The van der Waals surface area contributed by atoms with Crippen molar-refractivity contribution in [3.8, 4) is 16.9 Å². The van der Waals surface area contributed by atoms with Crippen LogP contribution in [0.1, 0.15) is 31.4 Å². The van der Waals surface area contributed by atoms with Gasteiger partial charge in [-0.05, 0) is 44.5 Å². The van der Waals surface area contributed by atoms with Gasteiger partial charge in [-0.1, -0.05) is 23.2 Å². The number of ether oxygens (including phenoxy) is 1. The first-order chi connectivity index (χ1) is 14.4. The van der Waals surface area contributed by atoms with Crippen LogP contribution < -0.4 is 15.8 Å². The SMILES string of the molecule is C[C@@H](Oc1cc(-c2cnn(C[C@@H]3CCCN3)c2)cnc1N)c1c(Cl)ccc(F)c1Cl. The largest absolute Gasteiger partial charge is 0.482 e. The molecule has 1 aliphatic heterocycles. The summed E-state index contributed by atoms with van der Waals surface area (Å²) in [4.78, 5) is 4.24. The molecule has 2 atom stereocenters. The predicted molar refractivity (Wildman–Crippen MR) is 116 cm³/mol. The zero-order chi connectivity index (χ0) is 21.3. The van der Waals surface area contributed by atoms with E-state index >= 15 is 0 Å². The van der Waals surface area contributed by atoms with E-state index in [0.29, 0.717) is 22.4 Å². The number of anilines is 1. The van der Waals surface area contributed by atoms with E-state index < -0.39 is 11.9 Å². The van der Waals surface area contributed by atoms with E-state index in [1.54, 1.807) is 25.4 Å². The molecule has 0 bridgehead atoms. The molecule has 2 aromatic heterocycles. The van der Waals surface area contributed by atoms with Gasteiger partial charge in [-0.25, -0.2) is 9.37 Å². The molecule has 0 amide bonds. The monoisotopic (exact) mass is 449 g/mol. The normalized spacial score (nSPS) is 17.3. The van der Waals surface area contributed by atoms with Crippen LogP contribution in [0.15, 0.2) is 36.8 Å². The highest BCUT2D eigenvalue weighted by molar-refractivity contribution is 6.36. The topological polar surface area (TPSA) is 78.0 Å². The molecule has 0 radical (unpaired) electrons. The molecule has 158 valence electrons. The molecule has 1 aromatic carbocycles. The molecule has 1 fully saturated rings. The molecule has 0 spiro atoms. The highest BCUT2D eigenvalue weighted by atomic mass is 35.5. The summed E-state index contributed by atoms with van der Waals surface area (Å²) < 4.78 is 21.8. The van der Waals surface area contributed by atoms with E-state index in [4.69, 9.17) is 33.7 Å². The summed E-state index contributed by atoms with van der Waals surface area (Å²) >= 11 is 12.3. The highest BCUT2D eigenvalue weighted by Gasteiger charge is 2.20. The summed E-state index contributed by atoms with van der Waals surface area (Å²) in [5.41, 5.74) is 8.09. The van der Waals surface area contributed by atoms with Crippen LogP contribution in [0.5, 0.6) is 5.75 Å². The van der Waals surface area contributed by atoms with Crippen molar-refractivity contribution in [3.63, 3.8) is 0 Å². The van der Waals surface area contributed by atoms with Crippen LogP contribution in [0, 0.1) is 5.82 Å². The molecule has 1 saturated heterocycles. The predicted octanol–water partition coefficient (Wildman–Crippen LogP) is 4.87. The van der Waals surface area contributed by atoms with Gasteiger partial charge in [0.1, 0.15) is 11.9 Å². The molecule has 9 heteroatoms. The lowest BCUT2D eigenvalue weighted by Gasteiger charge is -2.19. The third-order valence-corrected chi connectivity index (χ3v) is 5.92. The quantitative estimate of drug-likeness (QED) is 0.525. The summed E-state index contributed by atoms with van der Waals surface area (Å²) in [6.07, 6.45) is 7.15. The first-order valence-electron chi connectivity index (χ1n) is 9.74. The summed E-state index contributed by atoms with van der Waals surface area (Å²) in [6, 6.07) is 4.90. The molecule has 3 aromatic rings. The Hall–Kier alpha value is -2.35. The van der Waals surface area contributed by atoms with Gasteiger partial charge in [0, 0.05) is 40.1 Å². The highest BCUT2D eigenvalue weighted by Crippen LogP contribution is 2.36. The molecule has 3 heterocycles. The van der Waals surface area contributed by atoms with Gasteiger partial charge in [0.2, 0.25) is 0 Å². The molecular weight excluding hydrogens is 428 g/mol. The fraction of sp³-hybridized carbons (Fsp3) is 0.333. The summed E-state index contributed by atoms with van der Waals surface area (Å²) in [7, 11) is 0. The van der Waals surface area contributed by atoms with Crippen molar-refractivity contribution in [1.82, 2.24) is 20.1 Å². The van der Waals surface area contributed by atoms with Gasteiger partial charge in [-0.3, -0.25) is 4.68 Å². The zero-order valence-electron chi connectivity index (χ0n) is 16.4. The number of nitrogen functional groups attached to an aromatic ring is 1. The molecule has 4 rings (SSSR count). The van der Waals surface area contributed by atoms with Gasteiger partial charge in [-0.15, -0.1) is 0 Å². The van der Waals surface area contributed by atoms with Gasteiger partial charge in [0.25, 0.3) is 0 Å². The average Bonchev–Trinajstić information content (AvgIpc) is 3.39. The van der Waals surface area contributed by atoms with Gasteiger partial charge in [-0.2, -0.15) is 5.10 Å². The van der Waals surface area contributed by atoms with Crippen LogP contribution in [-0.4, -0.2) is 27.4 Å². The van der Waals surface area contributed by atoms with Crippen molar-refractivity contribution in [1.29, 1.82) is 0 Å². The van der Waals surface area contributed by atoms with E-state index in [2.05, 4.69) is 15.4 Å². The minimum absolute atomic E-state index is 0.0699. The van der Waals surface area contributed by atoms with Crippen molar-refractivity contribution in [2.45, 2.75) is 38.5 Å². The molecule has 30 heavy (non-hydrogen) atoms. The first-order valence-corrected chi connectivity index (χ1v) is 10.5. The van der Waals surface area contributed by atoms with Gasteiger partial charge < -0.3 is 15.8 Å². The van der Waals surface area contributed by atoms with Crippen molar-refractivity contribution in [3.05, 3.63) is 58.2 Å². The Morgan fingerprint density at radius 2 is 2.17 bits per heavy atom. The van der Waals surface area contributed by atoms with Crippen molar-refractivity contribution < 1.29 is 9.13 Å². The average molecular weight is 450 g/mol. The Morgan fingerprint density at radius 3 is 2.93 bits per heavy atom. The summed E-state index contributed by atoms with van der Waals surface area (Å²) in [5.74, 6) is 0.0222. The van der Waals surface area contributed by atoms with Crippen molar-refractivity contribution >= 4 is 29.0 Å². The van der Waals surface area contributed by atoms with Crippen LogP contribution in [0.25, 0.3) is 11.1 Å². The second kappa shape index (κ2) is 8.79. The minimum Gasteiger partial charge on any atom is -0.482 e. The zero-order valence-corrected chi connectivity index (χ0v) is 17.9. The molecule has 0 unspecified atom stereocenters. The third kappa shape index (κ3) is 4.38. The standard InChI is InChI=1S/C21H22Cl2FN5O/c1-12(19-16(22)4-5-17(24)20(19)23)30-18-7-13(8-27-21(18)25)14-9-28-29(10-14)11-15-3-2-6-26-15/h4-5,7-10,12,15,26H,2-3,6,11H2,1H3,(H2,25,27)/t12-,15+/m1/s1. The molecule has 1 aliphatic rings. The smallest absolute Gasteiger partial charge is 0.166 e. The maximum Gasteiger partial charge on any atom is 0.166 e. The first kappa shape index (κ1) is 20.9. The van der Waals surface area contributed by atoms with E-state index in [0.717, 1.165) is 30.6 Å². The van der Waals surface area contributed by atoms with E-state index in [1.165, 1.54) is 18.6 Å². The number of hydrogen-bond acceptors (Lipinski definition) is 5. The maximum absolute atomic E-state index is 13.9. The Labute approximate surface area is 184 Å². The number of nitrogens with zero attached hydrogens (tertiary/aromatic N) is 3. The number of halogens is 3. The van der Waals surface area contributed by atoms with Gasteiger partial charge >= 0.3 is 0 Å². The van der Waals surface area contributed by atoms with Crippen molar-refractivity contribution in [2.24, 2.45) is 0 Å². The second-order valence-corrected chi connectivity index (χ2v) is 8.15.